The molecule has 0 saturated carbocycles. The van der Waals surface area contributed by atoms with Crippen molar-refractivity contribution in [2.75, 3.05) is 33.9 Å². The number of hydrogen-bond acceptors (Lipinski definition) is 4. The Balaban J connectivity index is 1.97. The van der Waals surface area contributed by atoms with E-state index in [1.165, 1.54) is 12.0 Å². The lowest BCUT2D eigenvalue weighted by Crippen LogP contribution is -2.43. The summed E-state index contributed by atoms with van der Waals surface area (Å²) >= 11 is 0. The van der Waals surface area contributed by atoms with E-state index in [-0.39, 0.29) is 0 Å². The average Bonchev–Trinajstić information content (AvgIpc) is 2.45. The summed E-state index contributed by atoms with van der Waals surface area (Å²) in [4.78, 5) is 2.44. The molecule has 2 rings (SSSR count). The van der Waals surface area contributed by atoms with Crippen LogP contribution >= 0.6 is 0 Å². The van der Waals surface area contributed by atoms with E-state index in [1.807, 2.05) is 12.1 Å². The van der Waals surface area contributed by atoms with Gasteiger partial charge in [0, 0.05) is 19.1 Å². The maximum absolute atomic E-state index is 6.01. The second-order valence-corrected chi connectivity index (χ2v) is 5.13. The van der Waals surface area contributed by atoms with Crippen LogP contribution in [0, 0.1) is 0 Å². The molecule has 1 aromatic rings. The highest BCUT2D eigenvalue weighted by Crippen LogP contribution is 2.24. The summed E-state index contributed by atoms with van der Waals surface area (Å²) < 4.78 is 10.7. The summed E-state index contributed by atoms with van der Waals surface area (Å²) in [5.74, 6) is 1.81. The van der Waals surface area contributed by atoms with Crippen molar-refractivity contribution in [3.8, 4) is 11.5 Å². The number of methoxy groups -OCH3 is 2. The van der Waals surface area contributed by atoms with Gasteiger partial charge in [0.15, 0.2) is 0 Å². The first-order valence-electron chi connectivity index (χ1n) is 6.91. The van der Waals surface area contributed by atoms with Crippen molar-refractivity contribution in [3.05, 3.63) is 23.8 Å². The van der Waals surface area contributed by atoms with Crippen molar-refractivity contribution < 1.29 is 9.47 Å². The number of nitrogens with two attached hydrogens (primary N) is 1. The van der Waals surface area contributed by atoms with Crippen LogP contribution in [0.3, 0.4) is 0 Å². The van der Waals surface area contributed by atoms with E-state index in [9.17, 15) is 0 Å². The normalized spacial score (nSPS) is 20.3. The summed E-state index contributed by atoms with van der Waals surface area (Å²) in [6.45, 7) is 3.18. The van der Waals surface area contributed by atoms with Gasteiger partial charge in [-0.15, -0.1) is 0 Å². The Morgan fingerprint density at radius 2 is 2.16 bits per heavy atom. The van der Waals surface area contributed by atoms with Crippen LogP contribution in [0.4, 0.5) is 0 Å². The minimum absolute atomic E-state index is 0.334. The van der Waals surface area contributed by atoms with E-state index >= 15 is 0 Å². The molecule has 1 aliphatic heterocycles. The number of ether oxygens (including phenoxy) is 2. The Morgan fingerprint density at radius 3 is 2.84 bits per heavy atom. The molecule has 0 bridgehead atoms. The van der Waals surface area contributed by atoms with Crippen molar-refractivity contribution in [3.63, 3.8) is 0 Å². The molecule has 1 fully saturated rings. The summed E-state index contributed by atoms with van der Waals surface area (Å²) in [6, 6.07) is 6.29. The molecule has 4 heteroatoms. The summed E-state index contributed by atoms with van der Waals surface area (Å²) in [7, 11) is 3.40. The fourth-order valence-corrected chi connectivity index (χ4v) is 2.65. The summed E-state index contributed by atoms with van der Waals surface area (Å²) in [5.41, 5.74) is 7.20. The molecule has 0 radical (unpaired) electrons. The zero-order valence-electron chi connectivity index (χ0n) is 11.9. The first-order chi connectivity index (χ1) is 9.22. The van der Waals surface area contributed by atoms with E-state index in [1.54, 1.807) is 14.2 Å². The summed E-state index contributed by atoms with van der Waals surface area (Å²) in [6.07, 6.45) is 3.32. The second-order valence-electron chi connectivity index (χ2n) is 5.13. The standard InChI is InChI=1S/C15H24N2O2/c1-18-14-5-6-15(19-2)12(10-14)7-9-17-8-3-4-13(16)11-17/h5-6,10,13H,3-4,7-9,11,16H2,1-2H3. The van der Waals surface area contributed by atoms with Gasteiger partial charge < -0.3 is 20.1 Å². The first-order valence-corrected chi connectivity index (χ1v) is 6.91. The van der Waals surface area contributed by atoms with Crippen LogP contribution in [0.15, 0.2) is 18.2 Å². The van der Waals surface area contributed by atoms with Gasteiger partial charge >= 0.3 is 0 Å². The first kappa shape index (κ1) is 14.2. The highest BCUT2D eigenvalue weighted by molar-refractivity contribution is 5.40. The van der Waals surface area contributed by atoms with Gasteiger partial charge in [-0.3, -0.25) is 0 Å². The lowest BCUT2D eigenvalue weighted by atomic mass is 10.1. The van der Waals surface area contributed by atoms with Crippen molar-refractivity contribution in [2.45, 2.75) is 25.3 Å². The number of rotatable bonds is 5. The maximum atomic E-state index is 6.01. The Labute approximate surface area is 115 Å². The Kier molecular flexibility index (Phi) is 5.05. The highest BCUT2D eigenvalue weighted by Gasteiger charge is 2.16. The molecular formula is C15H24N2O2. The molecule has 1 aromatic carbocycles. The van der Waals surface area contributed by atoms with E-state index < -0.39 is 0 Å². The molecule has 0 spiro atoms. The number of likely N-dealkylation sites (tertiary alicyclic amines) is 1. The smallest absolute Gasteiger partial charge is 0.122 e. The zero-order valence-corrected chi connectivity index (χ0v) is 11.9. The third-order valence-corrected chi connectivity index (χ3v) is 3.73. The van der Waals surface area contributed by atoms with Crippen LogP contribution in [0.1, 0.15) is 18.4 Å². The van der Waals surface area contributed by atoms with E-state index in [0.29, 0.717) is 6.04 Å². The van der Waals surface area contributed by atoms with Crippen molar-refractivity contribution in [2.24, 2.45) is 5.73 Å². The molecule has 4 nitrogen and oxygen atoms in total. The molecule has 106 valence electrons. The lowest BCUT2D eigenvalue weighted by molar-refractivity contribution is 0.211. The molecule has 0 aliphatic carbocycles. The van der Waals surface area contributed by atoms with Gasteiger partial charge in [-0.2, -0.15) is 0 Å². The Hall–Kier alpha value is -1.26. The van der Waals surface area contributed by atoms with Crippen molar-refractivity contribution in [1.82, 2.24) is 4.90 Å². The largest absolute Gasteiger partial charge is 0.497 e. The molecule has 1 aliphatic rings. The number of nitrogens with zero attached hydrogens (tertiary/aromatic N) is 1. The monoisotopic (exact) mass is 264 g/mol. The third-order valence-electron chi connectivity index (χ3n) is 3.73. The molecule has 1 unspecified atom stereocenters. The molecular weight excluding hydrogens is 240 g/mol. The average molecular weight is 264 g/mol. The Bertz CT molecular complexity index is 409. The summed E-state index contributed by atoms with van der Waals surface area (Å²) in [5, 5.41) is 0. The minimum atomic E-state index is 0.334. The SMILES string of the molecule is COc1ccc(OC)c(CCN2CCCC(N)C2)c1. The second kappa shape index (κ2) is 6.78. The molecule has 0 amide bonds. The van der Waals surface area contributed by atoms with Gasteiger partial charge in [-0.05, 0) is 49.6 Å². The zero-order chi connectivity index (χ0) is 13.7. The van der Waals surface area contributed by atoms with Crippen LogP contribution in [-0.4, -0.2) is 44.8 Å². The fraction of sp³-hybridized carbons (Fsp3) is 0.600. The topological polar surface area (TPSA) is 47.7 Å². The van der Waals surface area contributed by atoms with E-state index in [0.717, 1.165) is 44.0 Å². The lowest BCUT2D eigenvalue weighted by Gasteiger charge is -2.30. The van der Waals surface area contributed by atoms with Gasteiger partial charge in [0.1, 0.15) is 11.5 Å². The molecule has 2 N–H and O–H groups in total. The quantitative estimate of drug-likeness (QED) is 0.879. The van der Waals surface area contributed by atoms with Gasteiger partial charge in [0.25, 0.3) is 0 Å². The molecule has 1 heterocycles. The van der Waals surface area contributed by atoms with Crippen LogP contribution in [0.25, 0.3) is 0 Å². The molecule has 0 aromatic heterocycles. The highest BCUT2D eigenvalue weighted by atomic mass is 16.5. The van der Waals surface area contributed by atoms with Crippen LogP contribution < -0.4 is 15.2 Å². The molecule has 1 atom stereocenters. The van der Waals surface area contributed by atoms with Gasteiger partial charge in [-0.1, -0.05) is 0 Å². The minimum Gasteiger partial charge on any atom is -0.497 e. The van der Waals surface area contributed by atoms with Crippen molar-refractivity contribution >= 4 is 0 Å². The molecule has 1 saturated heterocycles. The van der Waals surface area contributed by atoms with E-state index in [2.05, 4.69) is 11.0 Å². The maximum Gasteiger partial charge on any atom is 0.122 e. The predicted octanol–water partition coefficient (Wildman–Crippen LogP) is 1.67. The van der Waals surface area contributed by atoms with Gasteiger partial charge in [-0.25, -0.2) is 0 Å². The predicted molar refractivity (Wildman–Crippen MR) is 76.9 cm³/mol. The third kappa shape index (κ3) is 3.85. The molecule has 19 heavy (non-hydrogen) atoms. The van der Waals surface area contributed by atoms with Crippen molar-refractivity contribution in [1.29, 1.82) is 0 Å². The number of piperidine rings is 1. The number of benzene rings is 1. The number of hydrogen-bond donors (Lipinski definition) is 1. The van der Waals surface area contributed by atoms with Gasteiger partial charge in [0.05, 0.1) is 14.2 Å². The van der Waals surface area contributed by atoms with Crippen LogP contribution in [0.5, 0.6) is 11.5 Å². The fourth-order valence-electron chi connectivity index (χ4n) is 2.65. The van der Waals surface area contributed by atoms with Gasteiger partial charge in [0.2, 0.25) is 0 Å². The van der Waals surface area contributed by atoms with E-state index in [4.69, 9.17) is 15.2 Å². The Morgan fingerprint density at radius 1 is 1.32 bits per heavy atom. The van der Waals surface area contributed by atoms with Crippen LogP contribution in [0.2, 0.25) is 0 Å². The van der Waals surface area contributed by atoms with Crippen LogP contribution in [-0.2, 0) is 6.42 Å².